The van der Waals surface area contributed by atoms with Gasteiger partial charge in [0.05, 0.1) is 19.8 Å². The van der Waals surface area contributed by atoms with Crippen LogP contribution in [0, 0.1) is 0 Å². The number of aliphatic hydroxyl groups excluding tert-OH is 7. The Hall–Kier alpha value is -2.02. The van der Waals surface area contributed by atoms with Crippen molar-refractivity contribution < 1.29 is 73.8 Å². The number of carbonyl (C=O) groups is 2. The molecule has 0 aromatic heterocycles. The Bertz CT molecular complexity index is 1280. The third-order valence-electron chi connectivity index (χ3n) is 12.9. The molecule has 2 saturated heterocycles. The highest BCUT2D eigenvalue weighted by atomic mass is 16.7. The first-order valence-corrected chi connectivity index (χ1v) is 26.9. The molecule has 2 aliphatic heterocycles. The monoisotopic (exact) mass is 973 g/mol. The molecular weight excluding hydrogens is 877 g/mol. The van der Waals surface area contributed by atoms with E-state index in [0.29, 0.717) is 12.8 Å². The van der Waals surface area contributed by atoms with Crippen LogP contribution in [0.1, 0.15) is 206 Å². The van der Waals surface area contributed by atoms with E-state index in [9.17, 15) is 45.3 Å². The second-order valence-electron chi connectivity index (χ2n) is 19.1. The van der Waals surface area contributed by atoms with Crippen LogP contribution in [-0.4, -0.2) is 142 Å². The van der Waals surface area contributed by atoms with Crippen molar-refractivity contribution in [3.8, 4) is 0 Å². The standard InChI is InChI=1S/C53H96O15/c1-3-5-7-9-11-13-15-17-18-19-20-21-22-24-25-27-29-31-33-35-44(55)63-38-41(66-45(56)36-34-32-30-28-26-23-16-14-12-10-8-6-4-2)39-64-52-51(62)49(60)47(58)43(68-52)40-65-53-50(61)48(59)46(57)42(37-54)67-53/h23,26,30,32,41-43,46-54,57-62H,3-22,24-25,27-29,31,33-40H2,1-2H3/b26-23+,32-30+/t41?,42-,43-,46+,47+,48?,49?,50?,51?,52-,53-/m1/s1. The number of hydrogen-bond donors (Lipinski definition) is 7. The molecule has 0 aromatic carbocycles. The summed E-state index contributed by atoms with van der Waals surface area (Å²) in [5.41, 5.74) is 0. The molecule has 0 spiro atoms. The zero-order valence-corrected chi connectivity index (χ0v) is 42.1. The van der Waals surface area contributed by atoms with Crippen LogP contribution < -0.4 is 0 Å². The summed E-state index contributed by atoms with van der Waals surface area (Å²) in [5.74, 6) is -0.994. The average Bonchev–Trinajstić information content (AvgIpc) is 3.33. The van der Waals surface area contributed by atoms with E-state index in [-0.39, 0.29) is 19.4 Å². The Kier molecular flexibility index (Phi) is 37.0. The summed E-state index contributed by atoms with van der Waals surface area (Å²) in [6, 6.07) is 0. The molecule has 7 N–H and O–H groups in total. The predicted molar refractivity (Wildman–Crippen MR) is 261 cm³/mol. The van der Waals surface area contributed by atoms with Gasteiger partial charge in [0, 0.05) is 12.8 Å². The maximum Gasteiger partial charge on any atom is 0.306 e. The highest BCUT2D eigenvalue weighted by Crippen LogP contribution is 2.26. The van der Waals surface area contributed by atoms with Gasteiger partial charge in [0.25, 0.3) is 0 Å². The first-order valence-electron chi connectivity index (χ1n) is 26.9. The molecule has 2 fully saturated rings. The van der Waals surface area contributed by atoms with E-state index < -0.39 is 99.3 Å². The molecule has 0 aromatic rings. The zero-order chi connectivity index (χ0) is 49.6. The van der Waals surface area contributed by atoms with Gasteiger partial charge in [-0.25, -0.2) is 0 Å². The normalized spacial score (nSPS) is 25.9. The minimum absolute atomic E-state index is 0.0621. The Morgan fingerprint density at radius 3 is 1.43 bits per heavy atom. The third kappa shape index (κ3) is 28.1. The van der Waals surface area contributed by atoms with Crippen LogP contribution in [0.25, 0.3) is 0 Å². The fourth-order valence-electron chi connectivity index (χ4n) is 8.51. The molecule has 398 valence electrons. The van der Waals surface area contributed by atoms with Crippen molar-refractivity contribution in [2.24, 2.45) is 0 Å². The molecule has 2 rings (SSSR count). The SMILES string of the molecule is CCCCCCCC/C=C/C/C=C/CCC(=O)OC(COC(=O)CCCCCCCCCCCCCCCCCCCCC)CO[C@@H]1O[C@H](CO[C@@H]2O[C@H](CO)[C@H](O)C(O)C2O)[C@H](O)C(O)C1O. The summed E-state index contributed by atoms with van der Waals surface area (Å²) in [7, 11) is 0. The maximum absolute atomic E-state index is 13.0. The van der Waals surface area contributed by atoms with Gasteiger partial charge < -0.3 is 64.2 Å². The van der Waals surface area contributed by atoms with Crippen LogP contribution in [0.4, 0.5) is 0 Å². The summed E-state index contributed by atoms with van der Waals surface area (Å²) in [4.78, 5) is 25.7. The van der Waals surface area contributed by atoms with Gasteiger partial charge in [0.15, 0.2) is 18.7 Å². The third-order valence-corrected chi connectivity index (χ3v) is 12.9. The van der Waals surface area contributed by atoms with E-state index in [1.54, 1.807) is 0 Å². The molecule has 11 atom stereocenters. The second-order valence-corrected chi connectivity index (χ2v) is 19.1. The largest absolute Gasteiger partial charge is 0.462 e. The van der Waals surface area contributed by atoms with Crippen molar-refractivity contribution in [1.82, 2.24) is 0 Å². The summed E-state index contributed by atoms with van der Waals surface area (Å²) < 4.78 is 33.5. The quantitative estimate of drug-likeness (QED) is 0.0175. The molecule has 2 aliphatic rings. The number of allylic oxidation sites excluding steroid dienone is 4. The molecule has 0 radical (unpaired) electrons. The predicted octanol–water partition coefficient (Wildman–Crippen LogP) is 7.94. The van der Waals surface area contributed by atoms with Gasteiger partial charge >= 0.3 is 11.9 Å². The summed E-state index contributed by atoms with van der Waals surface area (Å²) in [6.07, 6.45) is 25.1. The molecule has 15 nitrogen and oxygen atoms in total. The van der Waals surface area contributed by atoms with Crippen molar-refractivity contribution in [3.05, 3.63) is 24.3 Å². The number of rotatable bonds is 42. The van der Waals surface area contributed by atoms with Gasteiger partial charge in [-0.15, -0.1) is 0 Å². The molecule has 2 heterocycles. The lowest BCUT2D eigenvalue weighted by Gasteiger charge is -2.42. The smallest absolute Gasteiger partial charge is 0.306 e. The topological polar surface area (TPSA) is 231 Å². The van der Waals surface area contributed by atoms with Gasteiger partial charge in [-0.1, -0.05) is 186 Å². The van der Waals surface area contributed by atoms with Crippen molar-refractivity contribution in [1.29, 1.82) is 0 Å². The molecule has 5 unspecified atom stereocenters. The molecule has 0 amide bonds. The molecule has 0 saturated carbocycles. The van der Waals surface area contributed by atoms with E-state index in [2.05, 4.69) is 26.0 Å². The fraction of sp³-hybridized carbons (Fsp3) is 0.887. The van der Waals surface area contributed by atoms with E-state index in [1.807, 2.05) is 12.2 Å². The second kappa shape index (κ2) is 40.6. The minimum atomic E-state index is -1.77. The van der Waals surface area contributed by atoms with Crippen molar-refractivity contribution in [2.75, 3.05) is 26.4 Å². The van der Waals surface area contributed by atoms with E-state index in [4.69, 9.17) is 28.4 Å². The summed E-state index contributed by atoms with van der Waals surface area (Å²) >= 11 is 0. The fourth-order valence-corrected chi connectivity index (χ4v) is 8.51. The lowest BCUT2D eigenvalue weighted by Crippen LogP contribution is -2.61. The average molecular weight is 973 g/mol. The molecule has 68 heavy (non-hydrogen) atoms. The van der Waals surface area contributed by atoms with Crippen molar-refractivity contribution in [3.63, 3.8) is 0 Å². The first kappa shape index (κ1) is 62.1. The van der Waals surface area contributed by atoms with Gasteiger partial charge in [-0.3, -0.25) is 9.59 Å². The van der Waals surface area contributed by atoms with Crippen LogP contribution in [0.15, 0.2) is 24.3 Å². The van der Waals surface area contributed by atoms with Crippen molar-refractivity contribution in [2.45, 2.75) is 274 Å². The number of esters is 2. The first-order chi connectivity index (χ1) is 33.0. The lowest BCUT2D eigenvalue weighted by molar-refractivity contribution is -0.332. The van der Waals surface area contributed by atoms with Gasteiger partial charge in [0.2, 0.25) is 0 Å². The maximum atomic E-state index is 13.0. The van der Waals surface area contributed by atoms with Gasteiger partial charge in [-0.05, 0) is 32.1 Å². The molecule has 0 bridgehead atoms. The Balaban J connectivity index is 1.78. The summed E-state index contributed by atoms with van der Waals surface area (Å²) in [6.45, 7) is 2.54. The van der Waals surface area contributed by atoms with Gasteiger partial charge in [0.1, 0.15) is 55.4 Å². The van der Waals surface area contributed by atoms with E-state index in [0.717, 1.165) is 32.1 Å². The molecular formula is C53H96O15. The van der Waals surface area contributed by atoms with Gasteiger partial charge in [-0.2, -0.15) is 0 Å². The Morgan fingerprint density at radius 2 is 0.912 bits per heavy atom. The van der Waals surface area contributed by atoms with Crippen LogP contribution in [0.5, 0.6) is 0 Å². The zero-order valence-electron chi connectivity index (χ0n) is 42.1. The van der Waals surface area contributed by atoms with Crippen LogP contribution in [0.3, 0.4) is 0 Å². The summed E-state index contributed by atoms with van der Waals surface area (Å²) in [5, 5.41) is 72.1. The van der Waals surface area contributed by atoms with E-state index in [1.165, 1.54) is 135 Å². The molecule has 15 heteroatoms. The minimum Gasteiger partial charge on any atom is -0.462 e. The number of unbranched alkanes of at least 4 members (excludes halogenated alkanes) is 24. The highest BCUT2D eigenvalue weighted by molar-refractivity contribution is 5.70. The number of carbonyl (C=O) groups excluding carboxylic acids is 2. The number of aliphatic hydroxyl groups is 7. The van der Waals surface area contributed by atoms with Crippen LogP contribution >= 0.6 is 0 Å². The molecule has 0 aliphatic carbocycles. The lowest BCUT2D eigenvalue weighted by atomic mass is 9.98. The van der Waals surface area contributed by atoms with Crippen LogP contribution in [-0.2, 0) is 38.0 Å². The highest BCUT2D eigenvalue weighted by Gasteiger charge is 2.47. The van der Waals surface area contributed by atoms with Crippen LogP contribution in [0.2, 0.25) is 0 Å². The Labute approximate surface area is 409 Å². The van der Waals surface area contributed by atoms with Crippen molar-refractivity contribution >= 4 is 11.9 Å². The number of ether oxygens (including phenoxy) is 6. The Morgan fingerprint density at radius 1 is 0.471 bits per heavy atom. The van der Waals surface area contributed by atoms with E-state index >= 15 is 0 Å². The number of hydrogen-bond acceptors (Lipinski definition) is 15.